The van der Waals surface area contributed by atoms with Crippen molar-refractivity contribution >= 4 is 24.7 Å². The van der Waals surface area contributed by atoms with Crippen molar-refractivity contribution < 1.29 is 9.90 Å². The van der Waals surface area contributed by atoms with Crippen LogP contribution in [0.2, 0.25) is 0 Å². The maximum absolute atomic E-state index is 10.3. The van der Waals surface area contributed by atoms with Crippen LogP contribution in [-0.4, -0.2) is 16.1 Å². The van der Waals surface area contributed by atoms with E-state index < -0.39 is 5.97 Å². The van der Waals surface area contributed by atoms with Crippen molar-refractivity contribution in [2.75, 3.05) is 0 Å². The molecule has 0 fully saturated rings. The highest BCUT2D eigenvalue weighted by molar-refractivity contribution is 7.85. The van der Waals surface area contributed by atoms with Gasteiger partial charge in [0, 0.05) is 6.20 Å². The van der Waals surface area contributed by atoms with Crippen LogP contribution in [0.15, 0.2) is 29.3 Å². The molecule has 0 radical (unpaired) electrons. The maximum Gasteiger partial charge on any atom is 0.341 e. The maximum atomic E-state index is 10.3. The molecule has 1 heterocycles. The van der Waals surface area contributed by atoms with Gasteiger partial charge in [0.25, 0.3) is 0 Å². The second-order valence-electron chi connectivity index (χ2n) is 2.09. The molecule has 0 aliphatic heterocycles. The van der Waals surface area contributed by atoms with Gasteiger partial charge in [-0.2, -0.15) is 0 Å². The molecule has 62 valence electrons. The third-order valence-electron chi connectivity index (χ3n) is 1.19. The van der Waals surface area contributed by atoms with Crippen molar-refractivity contribution in [2.45, 2.75) is 0 Å². The van der Waals surface area contributed by atoms with Gasteiger partial charge in [-0.25, -0.2) is 4.79 Å². The minimum Gasteiger partial charge on any atom is -0.477 e. The van der Waals surface area contributed by atoms with Crippen molar-refractivity contribution in [3.63, 3.8) is 0 Å². The first-order valence-electron chi connectivity index (χ1n) is 3.25. The van der Waals surface area contributed by atoms with Gasteiger partial charge in [-0.3, -0.25) is 4.98 Å². The topological polar surface area (TPSA) is 50.2 Å². The number of carboxylic acids is 1. The molecule has 0 aromatic carbocycles. The monoisotopic (exact) mass is 181 g/mol. The summed E-state index contributed by atoms with van der Waals surface area (Å²) < 4.78 is 0. The zero-order valence-corrected chi connectivity index (χ0v) is 7.03. The van der Waals surface area contributed by atoms with Gasteiger partial charge in [0.1, 0.15) is 0 Å². The highest BCUT2D eigenvalue weighted by atomic mass is 32.1. The Balaban J connectivity index is 2.89. The Morgan fingerprint density at radius 2 is 2.33 bits per heavy atom. The molecule has 0 unspecified atom stereocenters. The Bertz CT molecular complexity index is 308. The van der Waals surface area contributed by atoms with Crippen LogP contribution in [0.25, 0.3) is 6.08 Å². The first kappa shape index (κ1) is 8.80. The van der Waals surface area contributed by atoms with E-state index in [9.17, 15) is 4.79 Å². The van der Waals surface area contributed by atoms with Gasteiger partial charge in [0.2, 0.25) is 0 Å². The summed E-state index contributed by atoms with van der Waals surface area (Å²) in [6, 6.07) is 5.25. The number of thiol groups is 1. The Labute approximate surface area is 75.2 Å². The standard InChI is InChI=1S/C8H7NO2S/c10-8(11)7(12)5-6-3-1-2-4-9-6/h1-5,12H,(H,10,11)/b7-5-. The summed E-state index contributed by atoms with van der Waals surface area (Å²) in [5.74, 6) is -1.05. The fourth-order valence-corrected chi connectivity index (χ4v) is 0.795. The van der Waals surface area contributed by atoms with Gasteiger partial charge >= 0.3 is 5.97 Å². The molecule has 1 aromatic heterocycles. The molecular formula is C8H7NO2S. The van der Waals surface area contributed by atoms with E-state index in [2.05, 4.69) is 17.6 Å². The van der Waals surface area contributed by atoms with Crippen LogP contribution in [0, 0.1) is 0 Å². The summed E-state index contributed by atoms with van der Waals surface area (Å²) in [5.41, 5.74) is 0.588. The SMILES string of the molecule is O=C(O)/C(S)=C/c1ccccn1. The Morgan fingerprint density at radius 3 is 2.83 bits per heavy atom. The van der Waals surface area contributed by atoms with E-state index in [4.69, 9.17) is 5.11 Å². The first-order valence-corrected chi connectivity index (χ1v) is 3.70. The van der Waals surface area contributed by atoms with Gasteiger partial charge in [-0.15, -0.1) is 12.6 Å². The van der Waals surface area contributed by atoms with Crippen LogP contribution < -0.4 is 0 Å². The number of carbonyl (C=O) groups is 1. The van der Waals surface area contributed by atoms with Crippen molar-refractivity contribution in [1.82, 2.24) is 4.98 Å². The van der Waals surface area contributed by atoms with E-state index in [0.717, 1.165) is 0 Å². The van der Waals surface area contributed by atoms with Crippen molar-refractivity contribution in [1.29, 1.82) is 0 Å². The lowest BCUT2D eigenvalue weighted by molar-refractivity contribution is -0.131. The normalized spacial score (nSPS) is 11.2. The smallest absolute Gasteiger partial charge is 0.341 e. The molecule has 1 rings (SSSR count). The third-order valence-corrected chi connectivity index (χ3v) is 1.51. The number of hydrogen-bond donors (Lipinski definition) is 2. The second kappa shape index (κ2) is 3.92. The molecule has 0 saturated heterocycles. The number of carboxylic acid groups (broad SMARTS) is 1. The molecule has 1 aromatic rings. The lowest BCUT2D eigenvalue weighted by Gasteiger charge is -1.92. The molecule has 0 atom stereocenters. The van der Waals surface area contributed by atoms with Crippen molar-refractivity contribution in [2.24, 2.45) is 0 Å². The summed E-state index contributed by atoms with van der Waals surface area (Å²) in [6.45, 7) is 0. The molecular weight excluding hydrogens is 174 g/mol. The second-order valence-corrected chi connectivity index (χ2v) is 2.57. The molecule has 0 aliphatic carbocycles. The first-order chi connectivity index (χ1) is 5.70. The van der Waals surface area contributed by atoms with Crippen LogP contribution >= 0.6 is 12.6 Å². The zero-order valence-electron chi connectivity index (χ0n) is 6.14. The van der Waals surface area contributed by atoms with E-state index in [1.807, 2.05) is 0 Å². The van der Waals surface area contributed by atoms with Crippen LogP contribution in [-0.2, 0) is 4.79 Å². The lowest BCUT2D eigenvalue weighted by Crippen LogP contribution is -1.93. The highest BCUT2D eigenvalue weighted by Gasteiger charge is 2.00. The fraction of sp³-hybridized carbons (Fsp3) is 0. The molecule has 12 heavy (non-hydrogen) atoms. The quantitative estimate of drug-likeness (QED) is 0.536. The molecule has 4 heteroatoms. The van der Waals surface area contributed by atoms with E-state index >= 15 is 0 Å². The Kier molecular flexibility index (Phi) is 2.88. The largest absolute Gasteiger partial charge is 0.477 e. The molecule has 0 aliphatic rings. The third kappa shape index (κ3) is 2.39. The van der Waals surface area contributed by atoms with E-state index in [1.165, 1.54) is 6.08 Å². The summed E-state index contributed by atoms with van der Waals surface area (Å²) in [4.78, 5) is 14.2. The number of aromatic nitrogens is 1. The minimum atomic E-state index is -1.05. The molecule has 0 saturated carbocycles. The van der Waals surface area contributed by atoms with Crippen LogP contribution in [0.4, 0.5) is 0 Å². The van der Waals surface area contributed by atoms with Gasteiger partial charge in [-0.05, 0) is 18.2 Å². The zero-order chi connectivity index (χ0) is 8.97. The average Bonchev–Trinajstić information content (AvgIpc) is 2.06. The summed E-state index contributed by atoms with van der Waals surface area (Å²) >= 11 is 3.76. The van der Waals surface area contributed by atoms with E-state index in [1.54, 1.807) is 24.4 Å². The average molecular weight is 181 g/mol. The summed E-state index contributed by atoms with van der Waals surface area (Å²) in [7, 11) is 0. The fourth-order valence-electron chi connectivity index (χ4n) is 0.663. The van der Waals surface area contributed by atoms with Crippen LogP contribution in [0.1, 0.15) is 5.69 Å². The summed E-state index contributed by atoms with van der Waals surface area (Å²) in [6.07, 6.45) is 2.99. The number of nitrogens with zero attached hydrogens (tertiary/aromatic N) is 1. The van der Waals surface area contributed by atoms with Gasteiger partial charge in [0.05, 0.1) is 10.6 Å². The molecule has 3 nitrogen and oxygen atoms in total. The van der Waals surface area contributed by atoms with Gasteiger partial charge in [0.15, 0.2) is 0 Å². The predicted octanol–water partition coefficient (Wildman–Crippen LogP) is 1.44. The van der Waals surface area contributed by atoms with Crippen molar-refractivity contribution in [3.8, 4) is 0 Å². The molecule has 0 spiro atoms. The highest BCUT2D eigenvalue weighted by Crippen LogP contribution is 2.06. The Morgan fingerprint density at radius 1 is 1.58 bits per heavy atom. The van der Waals surface area contributed by atoms with Crippen LogP contribution in [0.5, 0.6) is 0 Å². The number of hydrogen-bond acceptors (Lipinski definition) is 3. The Hall–Kier alpha value is -1.29. The van der Waals surface area contributed by atoms with E-state index in [0.29, 0.717) is 5.69 Å². The van der Waals surface area contributed by atoms with Gasteiger partial charge in [-0.1, -0.05) is 6.07 Å². The van der Waals surface area contributed by atoms with Crippen molar-refractivity contribution in [3.05, 3.63) is 35.0 Å². The van der Waals surface area contributed by atoms with Gasteiger partial charge < -0.3 is 5.11 Å². The minimum absolute atomic E-state index is 0.0197. The molecule has 0 bridgehead atoms. The predicted molar refractivity (Wildman–Crippen MR) is 48.8 cm³/mol. The van der Waals surface area contributed by atoms with E-state index in [-0.39, 0.29) is 4.91 Å². The summed E-state index contributed by atoms with van der Waals surface area (Å²) in [5, 5.41) is 8.47. The van der Waals surface area contributed by atoms with Crippen LogP contribution in [0.3, 0.4) is 0 Å². The number of pyridine rings is 1. The molecule has 1 N–H and O–H groups in total. The lowest BCUT2D eigenvalue weighted by atomic mass is 10.3. The number of rotatable bonds is 2. The number of aliphatic carboxylic acids is 1. The molecule has 0 amide bonds.